The lowest BCUT2D eigenvalue weighted by molar-refractivity contribution is -0.121. The molecular formula is C18H18N2O4. The molecule has 124 valence electrons. The molecule has 1 aliphatic heterocycles. The third kappa shape index (κ3) is 2.90. The second-order valence-corrected chi connectivity index (χ2v) is 5.37. The van der Waals surface area contributed by atoms with E-state index in [1.54, 1.807) is 18.2 Å². The number of hydrogen-bond donors (Lipinski definition) is 1. The smallest absolute Gasteiger partial charge is 0.256 e. The number of imide groups is 1. The van der Waals surface area contributed by atoms with Gasteiger partial charge in [-0.2, -0.15) is 0 Å². The Balaban J connectivity index is 1.84. The molecular weight excluding hydrogens is 308 g/mol. The van der Waals surface area contributed by atoms with Crippen LogP contribution in [0.15, 0.2) is 48.5 Å². The summed E-state index contributed by atoms with van der Waals surface area (Å²) in [5.41, 5.74) is 1.28. The molecule has 0 bridgehead atoms. The van der Waals surface area contributed by atoms with Gasteiger partial charge in [0.2, 0.25) is 5.91 Å². The van der Waals surface area contributed by atoms with Crippen LogP contribution in [0, 0.1) is 0 Å². The molecule has 6 nitrogen and oxygen atoms in total. The largest absolute Gasteiger partial charge is 0.493 e. The van der Waals surface area contributed by atoms with Crippen molar-refractivity contribution >= 4 is 23.2 Å². The second kappa shape index (κ2) is 6.62. The van der Waals surface area contributed by atoms with Crippen LogP contribution in [-0.2, 0) is 9.59 Å². The predicted molar refractivity (Wildman–Crippen MR) is 90.5 cm³/mol. The molecule has 0 unspecified atom stereocenters. The highest BCUT2D eigenvalue weighted by Gasteiger charge is 2.39. The van der Waals surface area contributed by atoms with Crippen LogP contribution in [-0.4, -0.2) is 32.1 Å². The SMILES string of the molecule is COc1ccc(N2C(=O)C[C@@H](Nc3ccccc3)C2=O)cc1OC. The van der Waals surface area contributed by atoms with Gasteiger partial charge in [0.25, 0.3) is 5.91 Å². The zero-order valence-corrected chi connectivity index (χ0v) is 13.5. The summed E-state index contributed by atoms with van der Waals surface area (Å²) in [6.45, 7) is 0. The van der Waals surface area contributed by atoms with Gasteiger partial charge in [-0.15, -0.1) is 0 Å². The van der Waals surface area contributed by atoms with Crippen molar-refractivity contribution in [1.82, 2.24) is 0 Å². The number of anilines is 2. The molecule has 1 saturated heterocycles. The lowest BCUT2D eigenvalue weighted by Gasteiger charge is -2.17. The molecule has 6 heteroatoms. The van der Waals surface area contributed by atoms with Crippen molar-refractivity contribution in [1.29, 1.82) is 0 Å². The minimum Gasteiger partial charge on any atom is -0.493 e. The molecule has 2 aromatic rings. The number of carbonyl (C=O) groups excluding carboxylic acids is 2. The summed E-state index contributed by atoms with van der Waals surface area (Å²) < 4.78 is 10.4. The van der Waals surface area contributed by atoms with E-state index in [1.807, 2.05) is 30.3 Å². The molecule has 1 atom stereocenters. The monoisotopic (exact) mass is 326 g/mol. The van der Waals surface area contributed by atoms with E-state index in [-0.39, 0.29) is 18.2 Å². The van der Waals surface area contributed by atoms with E-state index in [0.29, 0.717) is 17.2 Å². The maximum Gasteiger partial charge on any atom is 0.256 e. The van der Waals surface area contributed by atoms with Crippen molar-refractivity contribution < 1.29 is 19.1 Å². The van der Waals surface area contributed by atoms with E-state index in [0.717, 1.165) is 5.69 Å². The Hall–Kier alpha value is -3.02. The van der Waals surface area contributed by atoms with E-state index in [2.05, 4.69) is 5.32 Å². The quantitative estimate of drug-likeness (QED) is 0.855. The molecule has 2 aromatic carbocycles. The van der Waals surface area contributed by atoms with Crippen LogP contribution in [0.1, 0.15) is 6.42 Å². The summed E-state index contributed by atoms with van der Waals surface area (Å²) in [5.74, 6) is 0.478. The first kappa shape index (κ1) is 15.9. The highest BCUT2D eigenvalue weighted by atomic mass is 16.5. The Labute approximate surface area is 140 Å². The molecule has 0 saturated carbocycles. The van der Waals surface area contributed by atoms with Crippen molar-refractivity contribution in [3.8, 4) is 11.5 Å². The number of amides is 2. The minimum absolute atomic E-state index is 0.113. The molecule has 1 fully saturated rings. The molecule has 0 aromatic heterocycles. The van der Waals surface area contributed by atoms with Crippen LogP contribution in [0.4, 0.5) is 11.4 Å². The van der Waals surface area contributed by atoms with Gasteiger partial charge in [0.15, 0.2) is 11.5 Å². The van der Waals surface area contributed by atoms with Crippen LogP contribution >= 0.6 is 0 Å². The summed E-state index contributed by atoms with van der Waals surface area (Å²) >= 11 is 0. The normalized spacial score (nSPS) is 17.1. The van der Waals surface area contributed by atoms with Crippen LogP contribution < -0.4 is 19.7 Å². The van der Waals surface area contributed by atoms with Crippen molar-refractivity contribution in [2.24, 2.45) is 0 Å². The second-order valence-electron chi connectivity index (χ2n) is 5.37. The average molecular weight is 326 g/mol. The maximum atomic E-state index is 12.6. The summed E-state index contributed by atoms with van der Waals surface area (Å²) in [4.78, 5) is 26.2. The number of ether oxygens (including phenoxy) is 2. The first-order valence-corrected chi connectivity index (χ1v) is 7.54. The number of nitrogens with zero attached hydrogens (tertiary/aromatic N) is 1. The molecule has 0 aliphatic carbocycles. The van der Waals surface area contributed by atoms with Crippen LogP contribution in [0.3, 0.4) is 0 Å². The number of methoxy groups -OCH3 is 2. The van der Waals surface area contributed by atoms with Crippen LogP contribution in [0.25, 0.3) is 0 Å². The summed E-state index contributed by atoms with van der Waals surface area (Å²) in [5, 5.41) is 3.10. The molecule has 24 heavy (non-hydrogen) atoms. The molecule has 1 heterocycles. The topological polar surface area (TPSA) is 67.9 Å². The molecule has 3 rings (SSSR count). The lowest BCUT2D eigenvalue weighted by Crippen LogP contribution is -2.34. The number of nitrogens with one attached hydrogen (secondary N) is 1. The average Bonchev–Trinajstić information content (AvgIpc) is 2.89. The predicted octanol–water partition coefficient (Wildman–Crippen LogP) is 2.45. The van der Waals surface area contributed by atoms with Gasteiger partial charge in [0.1, 0.15) is 6.04 Å². The van der Waals surface area contributed by atoms with Crippen molar-refractivity contribution in [3.05, 3.63) is 48.5 Å². The van der Waals surface area contributed by atoms with Crippen LogP contribution in [0.2, 0.25) is 0 Å². The molecule has 1 aliphatic rings. The third-order valence-corrected chi connectivity index (χ3v) is 3.89. The third-order valence-electron chi connectivity index (χ3n) is 3.89. The van der Waals surface area contributed by atoms with E-state index in [4.69, 9.17) is 9.47 Å². The lowest BCUT2D eigenvalue weighted by atomic mass is 10.2. The summed E-state index contributed by atoms with van der Waals surface area (Å²) in [6, 6.07) is 13.7. The molecule has 1 N–H and O–H groups in total. The number of para-hydroxylation sites is 1. The zero-order valence-electron chi connectivity index (χ0n) is 13.5. The Morgan fingerprint density at radius 2 is 1.71 bits per heavy atom. The number of hydrogen-bond acceptors (Lipinski definition) is 5. The highest BCUT2D eigenvalue weighted by molar-refractivity contribution is 6.23. The van der Waals surface area contributed by atoms with E-state index >= 15 is 0 Å². The van der Waals surface area contributed by atoms with Gasteiger partial charge in [-0.25, -0.2) is 4.90 Å². The molecule has 0 radical (unpaired) electrons. The van der Waals surface area contributed by atoms with Crippen molar-refractivity contribution in [2.45, 2.75) is 12.5 Å². The van der Waals surface area contributed by atoms with E-state index < -0.39 is 6.04 Å². The van der Waals surface area contributed by atoms with E-state index in [9.17, 15) is 9.59 Å². The standard InChI is InChI=1S/C18H18N2O4/c1-23-15-9-8-13(10-16(15)24-2)20-17(21)11-14(18(20)22)19-12-6-4-3-5-7-12/h3-10,14,19H,11H2,1-2H3/t14-/m1/s1. The molecule has 0 spiro atoms. The van der Waals surface area contributed by atoms with Gasteiger partial charge in [0, 0.05) is 11.8 Å². The van der Waals surface area contributed by atoms with Gasteiger partial charge in [-0.3, -0.25) is 9.59 Å². The van der Waals surface area contributed by atoms with Gasteiger partial charge in [0.05, 0.1) is 26.3 Å². The maximum absolute atomic E-state index is 12.6. The number of rotatable bonds is 5. The Morgan fingerprint density at radius 3 is 2.38 bits per heavy atom. The van der Waals surface area contributed by atoms with Crippen molar-refractivity contribution in [2.75, 3.05) is 24.4 Å². The fourth-order valence-electron chi connectivity index (χ4n) is 2.72. The zero-order chi connectivity index (χ0) is 17.1. The first-order valence-electron chi connectivity index (χ1n) is 7.54. The van der Waals surface area contributed by atoms with Gasteiger partial charge < -0.3 is 14.8 Å². The van der Waals surface area contributed by atoms with Gasteiger partial charge >= 0.3 is 0 Å². The van der Waals surface area contributed by atoms with E-state index in [1.165, 1.54) is 19.1 Å². The number of benzene rings is 2. The number of carbonyl (C=O) groups is 2. The van der Waals surface area contributed by atoms with Gasteiger partial charge in [-0.1, -0.05) is 18.2 Å². The summed E-state index contributed by atoms with van der Waals surface area (Å²) in [6.07, 6.45) is 0.113. The highest BCUT2D eigenvalue weighted by Crippen LogP contribution is 2.33. The molecule has 2 amide bonds. The Morgan fingerprint density at radius 1 is 1.00 bits per heavy atom. The fraction of sp³-hybridized carbons (Fsp3) is 0.222. The Bertz CT molecular complexity index is 761. The summed E-state index contributed by atoms with van der Waals surface area (Å²) in [7, 11) is 3.04. The van der Waals surface area contributed by atoms with Crippen molar-refractivity contribution in [3.63, 3.8) is 0 Å². The first-order chi connectivity index (χ1) is 11.6. The van der Waals surface area contributed by atoms with Gasteiger partial charge in [-0.05, 0) is 24.3 Å². The Kier molecular flexibility index (Phi) is 4.37. The van der Waals surface area contributed by atoms with Crippen LogP contribution in [0.5, 0.6) is 11.5 Å². The minimum atomic E-state index is -0.576. The fourth-order valence-corrected chi connectivity index (χ4v) is 2.72.